The molecule has 0 bridgehead atoms. The number of aryl methyl sites for hydroxylation is 1. The van der Waals surface area contributed by atoms with Crippen molar-refractivity contribution in [3.05, 3.63) is 46.8 Å². The molecule has 0 spiro atoms. The number of amides is 1. The van der Waals surface area contributed by atoms with E-state index < -0.39 is 23.2 Å². The summed E-state index contributed by atoms with van der Waals surface area (Å²) in [6.45, 7) is 0. The number of carbonyl (C=O) groups is 1. The van der Waals surface area contributed by atoms with Gasteiger partial charge in [0.25, 0.3) is 5.91 Å². The van der Waals surface area contributed by atoms with E-state index in [-0.39, 0.29) is 28.7 Å². The molecule has 3 aliphatic rings. The molecule has 3 atom stereocenters. The molecule has 2 aromatic rings. The average Bonchev–Trinajstić information content (AvgIpc) is 3.09. The second kappa shape index (κ2) is 8.33. The Balaban J connectivity index is 1.27. The standard InChI is InChI=1S/C25H26ClF2N3O3/c1-31-13-29-21(22(31)23(33)30-17-2-3-19(27)18(26)10-17)14-8-15-11-24(34,12-16(15)9-14)5-4-20(32)25(28)6-7-25/h2-3,10,13-16,20,32,34H,6-9,11-12H2,1H3,(H,30,33). The van der Waals surface area contributed by atoms with E-state index in [4.69, 9.17) is 11.6 Å². The van der Waals surface area contributed by atoms with Gasteiger partial charge in [-0.1, -0.05) is 23.4 Å². The lowest BCUT2D eigenvalue weighted by molar-refractivity contribution is 0.0919. The molecule has 3 fully saturated rings. The molecule has 3 unspecified atom stereocenters. The summed E-state index contributed by atoms with van der Waals surface area (Å²) in [4.78, 5) is 17.5. The molecule has 34 heavy (non-hydrogen) atoms. The summed E-state index contributed by atoms with van der Waals surface area (Å²) in [5.41, 5.74) is -1.32. The SMILES string of the molecule is Cn1cnc(C2CC3CC(O)(C#CC(O)C4(F)CC4)CC3C2)c1C(=O)Nc1ccc(F)c(Cl)c1. The fourth-order valence-electron chi connectivity index (χ4n) is 5.50. The maximum atomic E-state index is 13.9. The smallest absolute Gasteiger partial charge is 0.274 e. The van der Waals surface area contributed by atoms with Gasteiger partial charge in [-0.05, 0) is 68.6 Å². The van der Waals surface area contributed by atoms with Crippen molar-refractivity contribution in [3.63, 3.8) is 0 Å². The number of aliphatic hydroxyl groups is 2. The van der Waals surface area contributed by atoms with Crippen LogP contribution < -0.4 is 5.32 Å². The van der Waals surface area contributed by atoms with Gasteiger partial charge in [-0.3, -0.25) is 4.79 Å². The van der Waals surface area contributed by atoms with E-state index in [2.05, 4.69) is 22.1 Å². The zero-order valence-corrected chi connectivity index (χ0v) is 19.4. The second-order valence-electron chi connectivity index (χ2n) is 10.0. The van der Waals surface area contributed by atoms with Crippen molar-refractivity contribution in [2.45, 2.75) is 61.8 Å². The number of imidazole rings is 1. The van der Waals surface area contributed by atoms with E-state index in [9.17, 15) is 23.8 Å². The van der Waals surface area contributed by atoms with Crippen LogP contribution >= 0.6 is 11.6 Å². The van der Waals surface area contributed by atoms with Crippen LogP contribution in [-0.2, 0) is 7.05 Å². The number of hydrogen-bond donors (Lipinski definition) is 3. The molecule has 3 N–H and O–H groups in total. The van der Waals surface area contributed by atoms with Crippen molar-refractivity contribution in [1.82, 2.24) is 9.55 Å². The zero-order valence-electron chi connectivity index (χ0n) is 18.7. The number of aromatic nitrogens is 2. The molecule has 3 aliphatic carbocycles. The Labute approximate surface area is 201 Å². The molecule has 1 amide bonds. The third-order valence-corrected chi connectivity index (χ3v) is 7.73. The average molecular weight is 490 g/mol. The summed E-state index contributed by atoms with van der Waals surface area (Å²) >= 11 is 5.82. The topological polar surface area (TPSA) is 87.4 Å². The lowest BCUT2D eigenvalue weighted by Gasteiger charge is -2.19. The van der Waals surface area contributed by atoms with E-state index in [0.717, 1.165) is 12.8 Å². The monoisotopic (exact) mass is 489 g/mol. The molecule has 5 rings (SSSR count). The van der Waals surface area contributed by atoms with E-state index in [1.165, 1.54) is 18.2 Å². The first-order valence-electron chi connectivity index (χ1n) is 11.5. The normalized spacial score (nSPS) is 29.8. The first-order valence-corrected chi connectivity index (χ1v) is 11.8. The number of benzene rings is 1. The zero-order chi connectivity index (χ0) is 24.3. The highest BCUT2D eigenvalue weighted by atomic mass is 35.5. The van der Waals surface area contributed by atoms with Gasteiger partial charge in [0.05, 0.1) is 17.0 Å². The number of fused-ring (bicyclic) bond motifs is 1. The van der Waals surface area contributed by atoms with Crippen molar-refractivity contribution in [1.29, 1.82) is 0 Å². The fourth-order valence-corrected chi connectivity index (χ4v) is 5.68. The van der Waals surface area contributed by atoms with Crippen LogP contribution in [0.2, 0.25) is 5.02 Å². The minimum absolute atomic E-state index is 0.0532. The molecule has 3 saturated carbocycles. The number of nitrogens with one attached hydrogen (secondary N) is 1. The Morgan fingerprint density at radius 2 is 2.00 bits per heavy atom. The predicted molar refractivity (Wildman–Crippen MR) is 123 cm³/mol. The van der Waals surface area contributed by atoms with Gasteiger partial charge >= 0.3 is 0 Å². The molecule has 180 valence electrons. The molecule has 1 aromatic carbocycles. The number of aliphatic hydroxyl groups excluding tert-OH is 1. The van der Waals surface area contributed by atoms with E-state index in [1.807, 2.05) is 0 Å². The second-order valence-corrected chi connectivity index (χ2v) is 10.4. The lowest BCUT2D eigenvalue weighted by atomic mass is 9.92. The molecular weight excluding hydrogens is 464 g/mol. The van der Waals surface area contributed by atoms with Gasteiger partial charge in [0.15, 0.2) is 0 Å². The predicted octanol–water partition coefficient (Wildman–Crippen LogP) is 3.97. The van der Waals surface area contributed by atoms with E-state index >= 15 is 0 Å². The highest BCUT2D eigenvalue weighted by Crippen LogP contribution is 2.54. The third-order valence-electron chi connectivity index (χ3n) is 7.44. The summed E-state index contributed by atoms with van der Waals surface area (Å²) < 4.78 is 29.0. The van der Waals surface area contributed by atoms with Crippen LogP contribution in [0, 0.1) is 29.5 Å². The van der Waals surface area contributed by atoms with Gasteiger partial charge in [-0.25, -0.2) is 13.8 Å². The van der Waals surface area contributed by atoms with Crippen molar-refractivity contribution in [2.75, 3.05) is 5.32 Å². The van der Waals surface area contributed by atoms with Crippen LogP contribution in [0.3, 0.4) is 0 Å². The number of rotatable bonds is 4. The molecule has 1 heterocycles. The third kappa shape index (κ3) is 4.33. The summed E-state index contributed by atoms with van der Waals surface area (Å²) in [6.07, 6.45) is 3.28. The van der Waals surface area contributed by atoms with Crippen LogP contribution in [0.1, 0.15) is 60.6 Å². The molecule has 0 radical (unpaired) electrons. The van der Waals surface area contributed by atoms with Gasteiger partial charge < -0.3 is 20.1 Å². The largest absolute Gasteiger partial charge is 0.378 e. The van der Waals surface area contributed by atoms with Crippen molar-refractivity contribution < 1.29 is 23.8 Å². The number of nitrogens with zero attached hydrogens (tertiary/aromatic N) is 2. The molecule has 9 heteroatoms. The van der Waals surface area contributed by atoms with Crippen molar-refractivity contribution in [3.8, 4) is 11.8 Å². The Bertz CT molecular complexity index is 1190. The number of carbonyl (C=O) groups excluding carboxylic acids is 1. The lowest BCUT2D eigenvalue weighted by Crippen LogP contribution is -2.26. The van der Waals surface area contributed by atoms with E-state index in [1.54, 1.807) is 17.9 Å². The minimum atomic E-state index is -1.61. The van der Waals surface area contributed by atoms with Gasteiger partial charge in [0, 0.05) is 18.7 Å². The van der Waals surface area contributed by atoms with Gasteiger partial charge in [0.1, 0.15) is 28.9 Å². The summed E-state index contributed by atoms with van der Waals surface area (Å²) in [5, 5.41) is 23.5. The molecule has 6 nitrogen and oxygen atoms in total. The quantitative estimate of drug-likeness (QED) is 0.567. The maximum Gasteiger partial charge on any atom is 0.274 e. The van der Waals surface area contributed by atoms with Crippen LogP contribution in [-0.4, -0.2) is 43.0 Å². The first kappa shape index (κ1) is 23.3. The molecular formula is C25H26ClF2N3O3. The van der Waals surface area contributed by atoms with Crippen molar-refractivity contribution in [2.24, 2.45) is 18.9 Å². The van der Waals surface area contributed by atoms with Crippen LogP contribution in [0.25, 0.3) is 0 Å². The highest BCUT2D eigenvalue weighted by Gasteiger charge is 2.51. The fraction of sp³-hybridized carbons (Fsp3) is 0.520. The van der Waals surface area contributed by atoms with Crippen LogP contribution in [0.15, 0.2) is 24.5 Å². The number of anilines is 1. The molecule has 0 saturated heterocycles. The van der Waals surface area contributed by atoms with Crippen molar-refractivity contribution >= 4 is 23.2 Å². The van der Waals surface area contributed by atoms with Gasteiger partial charge in [-0.2, -0.15) is 0 Å². The molecule has 0 aliphatic heterocycles. The number of hydrogen-bond acceptors (Lipinski definition) is 4. The van der Waals surface area contributed by atoms with Crippen LogP contribution in [0.5, 0.6) is 0 Å². The summed E-state index contributed by atoms with van der Waals surface area (Å²) in [7, 11) is 1.75. The first-order chi connectivity index (χ1) is 16.1. The number of alkyl halides is 1. The van der Waals surface area contributed by atoms with Gasteiger partial charge in [-0.15, -0.1) is 0 Å². The van der Waals surface area contributed by atoms with Crippen LogP contribution in [0.4, 0.5) is 14.5 Å². The number of halogens is 3. The van der Waals surface area contributed by atoms with E-state index in [0.29, 0.717) is 42.8 Å². The summed E-state index contributed by atoms with van der Waals surface area (Å²) in [6, 6.07) is 4.00. The Hall–Kier alpha value is -2.47. The summed E-state index contributed by atoms with van der Waals surface area (Å²) in [5.74, 6) is 4.83. The van der Waals surface area contributed by atoms with Gasteiger partial charge in [0.2, 0.25) is 0 Å². The minimum Gasteiger partial charge on any atom is -0.378 e. The maximum absolute atomic E-state index is 13.9. The Morgan fingerprint density at radius 3 is 2.62 bits per heavy atom. The Kier molecular flexibility index (Phi) is 5.70. The Morgan fingerprint density at radius 1 is 1.32 bits per heavy atom. The molecule has 1 aromatic heterocycles. The highest BCUT2D eigenvalue weighted by molar-refractivity contribution is 6.31.